The molecule has 4 aliphatic rings. The average molecular weight is 545 g/mol. The van der Waals surface area contributed by atoms with Gasteiger partial charge in [0, 0.05) is 42.5 Å². The van der Waals surface area contributed by atoms with E-state index >= 15 is 0 Å². The third-order valence-corrected chi connectivity index (χ3v) is 9.35. The van der Waals surface area contributed by atoms with Gasteiger partial charge >= 0.3 is 6.03 Å². The largest absolute Gasteiger partial charge is 0.347 e. The van der Waals surface area contributed by atoms with Crippen LogP contribution in [-0.2, 0) is 9.59 Å². The molecule has 202 valence electrons. The van der Waals surface area contributed by atoms with Crippen LogP contribution in [0.25, 0.3) is 11.3 Å². The number of thioether (sulfide) groups is 1. The number of anilines is 1. The average Bonchev–Trinajstić information content (AvgIpc) is 3.33. The van der Waals surface area contributed by atoms with E-state index in [0.717, 1.165) is 48.3 Å². The third kappa shape index (κ3) is 4.72. The second-order valence-corrected chi connectivity index (χ2v) is 11.6. The molecule has 9 nitrogen and oxygen atoms in total. The maximum Gasteiger partial charge on any atom is 0.326 e. The molecule has 4 amide bonds. The Morgan fingerprint density at radius 2 is 2.05 bits per heavy atom. The molecule has 2 aromatic rings. The van der Waals surface area contributed by atoms with E-state index in [0.29, 0.717) is 23.7 Å². The van der Waals surface area contributed by atoms with Crippen LogP contribution in [0.15, 0.2) is 65.9 Å². The summed E-state index contributed by atoms with van der Waals surface area (Å²) in [5, 5.41) is 9.76. The zero-order valence-electron chi connectivity index (χ0n) is 21.9. The van der Waals surface area contributed by atoms with Crippen molar-refractivity contribution in [3.63, 3.8) is 0 Å². The van der Waals surface area contributed by atoms with Gasteiger partial charge in [0.15, 0.2) is 0 Å². The maximum atomic E-state index is 13.7. The molecule has 5 heterocycles. The molecule has 3 unspecified atom stereocenters. The number of hydrogen-bond acceptors (Lipinski definition) is 6. The number of urea groups is 1. The van der Waals surface area contributed by atoms with Crippen LogP contribution in [0.4, 0.5) is 10.5 Å². The van der Waals surface area contributed by atoms with Gasteiger partial charge in [-0.1, -0.05) is 48.7 Å². The van der Waals surface area contributed by atoms with Gasteiger partial charge in [-0.15, -0.1) is 0 Å². The first-order valence-corrected chi connectivity index (χ1v) is 14.3. The standard InChI is InChI=1S/C29H32N6O3S/c1-3-23(36)34-13-7-10-19(16-34)32-27(37)26-25-24-21(11-12-30-28(24)39-26)35(29(38)33-25)22-14-20(31-15-17(22)2)18-8-5-4-6-9-18/h3-6,8-9,14-15,19,21,24,28,30H,1,7,10-13,16H2,2H3,(H,32,37)(H,33,38)/t19-,21?,24?,28?/m1/s1. The van der Waals surface area contributed by atoms with E-state index in [1.54, 1.807) is 4.90 Å². The lowest BCUT2D eigenvalue weighted by atomic mass is 9.86. The van der Waals surface area contributed by atoms with Crippen molar-refractivity contribution in [2.75, 3.05) is 24.5 Å². The second kappa shape index (κ2) is 10.5. The van der Waals surface area contributed by atoms with Crippen molar-refractivity contribution in [2.45, 2.75) is 43.6 Å². The molecule has 0 saturated carbocycles. The lowest BCUT2D eigenvalue weighted by Gasteiger charge is -2.46. The van der Waals surface area contributed by atoms with Gasteiger partial charge in [-0.2, -0.15) is 0 Å². The minimum atomic E-state index is -0.228. The molecule has 0 bridgehead atoms. The summed E-state index contributed by atoms with van der Waals surface area (Å²) in [5.41, 5.74) is 4.26. The Bertz CT molecular complexity index is 1360. The molecular weight excluding hydrogens is 512 g/mol. The minimum Gasteiger partial charge on any atom is -0.347 e. The summed E-state index contributed by atoms with van der Waals surface area (Å²) < 4.78 is 0. The predicted molar refractivity (Wildman–Crippen MR) is 152 cm³/mol. The molecule has 0 aliphatic carbocycles. The lowest BCUT2D eigenvalue weighted by Crippen LogP contribution is -2.62. The van der Waals surface area contributed by atoms with E-state index in [2.05, 4.69) is 27.5 Å². The first kappa shape index (κ1) is 25.6. The molecule has 4 aliphatic heterocycles. The number of hydrogen-bond donors (Lipinski definition) is 3. The number of amides is 4. The van der Waals surface area contributed by atoms with Crippen molar-refractivity contribution in [1.29, 1.82) is 0 Å². The van der Waals surface area contributed by atoms with Gasteiger partial charge in [-0.25, -0.2) is 4.79 Å². The predicted octanol–water partition coefficient (Wildman–Crippen LogP) is 3.14. The fourth-order valence-electron chi connectivity index (χ4n) is 6.12. The monoisotopic (exact) mass is 544 g/mol. The smallest absolute Gasteiger partial charge is 0.326 e. The summed E-state index contributed by atoms with van der Waals surface area (Å²) in [6, 6.07) is 11.5. The van der Waals surface area contributed by atoms with Crippen molar-refractivity contribution in [2.24, 2.45) is 5.92 Å². The van der Waals surface area contributed by atoms with Gasteiger partial charge < -0.3 is 20.9 Å². The number of likely N-dealkylation sites (tertiary alicyclic amines) is 1. The molecule has 1 aromatic heterocycles. The number of aromatic nitrogens is 1. The maximum absolute atomic E-state index is 13.7. The highest BCUT2D eigenvalue weighted by molar-refractivity contribution is 8.04. The van der Waals surface area contributed by atoms with Gasteiger partial charge in [-0.05, 0) is 50.4 Å². The lowest BCUT2D eigenvalue weighted by molar-refractivity contribution is -0.128. The van der Waals surface area contributed by atoms with Crippen LogP contribution in [0.3, 0.4) is 0 Å². The Hall–Kier alpha value is -3.63. The van der Waals surface area contributed by atoms with Crippen molar-refractivity contribution in [1.82, 2.24) is 25.8 Å². The Labute approximate surface area is 232 Å². The highest BCUT2D eigenvalue weighted by Gasteiger charge is 2.52. The van der Waals surface area contributed by atoms with Crippen LogP contribution in [0.2, 0.25) is 0 Å². The van der Waals surface area contributed by atoms with E-state index in [9.17, 15) is 14.4 Å². The first-order chi connectivity index (χ1) is 18.9. The zero-order valence-corrected chi connectivity index (χ0v) is 22.7. The Morgan fingerprint density at radius 3 is 2.85 bits per heavy atom. The van der Waals surface area contributed by atoms with E-state index in [1.165, 1.54) is 17.8 Å². The van der Waals surface area contributed by atoms with Gasteiger partial charge in [0.1, 0.15) is 0 Å². The summed E-state index contributed by atoms with van der Waals surface area (Å²) in [6.07, 6.45) is 5.53. The van der Waals surface area contributed by atoms with Crippen molar-refractivity contribution >= 4 is 35.3 Å². The van der Waals surface area contributed by atoms with E-state index in [4.69, 9.17) is 0 Å². The Balaban J connectivity index is 1.27. The molecule has 3 fully saturated rings. The second-order valence-electron chi connectivity index (χ2n) is 10.4. The van der Waals surface area contributed by atoms with Crippen LogP contribution in [0.5, 0.6) is 0 Å². The molecule has 4 atom stereocenters. The highest BCUT2D eigenvalue weighted by atomic mass is 32.2. The minimum absolute atomic E-state index is 0.0106. The number of piperidine rings is 2. The van der Waals surface area contributed by atoms with E-state index in [1.807, 2.05) is 54.4 Å². The SMILES string of the molecule is C=CC(=O)N1CCC[C@@H](NC(=O)C2=C3NC(=O)N(c4cc(-c5ccccc5)ncc4C)C4CCNC(S2)C34)C1. The molecular formula is C29H32N6O3S. The molecule has 1 aromatic carbocycles. The van der Waals surface area contributed by atoms with Crippen molar-refractivity contribution < 1.29 is 14.4 Å². The zero-order chi connectivity index (χ0) is 27.1. The molecule has 0 spiro atoms. The van der Waals surface area contributed by atoms with Gasteiger partial charge in [-0.3, -0.25) is 19.5 Å². The summed E-state index contributed by atoms with van der Waals surface area (Å²) in [7, 11) is 0. The Kier molecular flexibility index (Phi) is 6.90. The summed E-state index contributed by atoms with van der Waals surface area (Å²) in [5.74, 6) is -0.353. The molecule has 0 radical (unpaired) electrons. The number of carbonyl (C=O) groups is 3. The van der Waals surface area contributed by atoms with E-state index < -0.39 is 0 Å². The topological polar surface area (TPSA) is 107 Å². The van der Waals surface area contributed by atoms with Crippen LogP contribution in [0.1, 0.15) is 24.8 Å². The van der Waals surface area contributed by atoms with Crippen molar-refractivity contribution in [3.8, 4) is 11.3 Å². The number of pyridine rings is 1. The molecule has 3 saturated heterocycles. The summed E-state index contributed by atoms with van der Waals surface area (Å²) >= 11 is 1.49. The van der Waals surface area contributed by atoms with Crippen LogP contribution in [-0.4, -0.2) is 64.8 Å². The number of nitrogens with one attached hydrogen (secondary N) is 3. The highest BCUT2D eigenvalue weighted by Crippen LogP contribution is 2.48. The number of rotatable bonds is 5. The molecule has 10 heteroatoms. The quantitative estimate of drug-likeness (QED) is 0.500. The Morgan fingerprint density at radius 1 is 1.23 bits per heavy atom. The molecule has 6 rings (SSSR count). The molecule has 39 heavy (non-hydrogen) atoms. The molecule has 3 N–H and O–H groups in total. The van der Waals surface area contributed by atoms with Crippen molar-refractivity contribution in [3.05, 3.63) is 71.4 Å². The van der Waals surface area contributed by atoms with Crippen LogP contribution in [0, 0.1) is 12.8 Å². The first-order valence-electron chi connectivity index (χ1n) is 13.4. The fraction of sp³-hybridized carbons (Fsp3) is 0.379. The van der Waals surface area contributed by atoms with Gasteiger partial charge in [0.25, 0.3) is 5.91 Å². The number of benzene rings is 1. The van der Waals surface area contributed by atoms with Crippen LogP contribution >= 0.6 is 11.8 Å². The number of aryl methyl sites for hydroxylation is 1. The number of nitrogens with zero attached hydrogens (tertiary/aromatic N) is 3. The normalized spacial score (nSPS) is 26.1. The van der Waals surface area contributed by atoms with E-state index in [-0.39, 0.29) is 41.2 Å². The fourth-order valence-corrected chi connectivity index (χ4v) is 7.52. The van der Waals surface area contributed by atoms with Gasteiger partial charge in [0.2, 0.25) is 5.91 Å². The van der Waals surface area contributed by atoms with Gasteiger partial charge in [0.05, 0.1) is 27.7 Å². The summed E-state index contributed by atoms with van der Waals surface area (Å²) in [4.78, 5) is 48.1. The summed E-state index contributed by atoms with van der Waals surface area (Å²) in [6.45, 7) is 7.43. The third-order valence-electron chi connectivity index (χ3n) is 7.99. The number of carbonyl (C=O) groups excluding carboxylic acids is 3. The van der Waals surface area contributed by atoms with Crippen LogP contribution < -0.4 is 20.9 Å².